The molecule has 0 radical (unpaired) electrons. The van der Waals surface area contributed by atoms with Gasteiger partial charge in [0.25, 0.3) is 0 Å². The van der Waals surface area contributed by atoms with Crippen LogP contribution in [-0.4, -0.2) is 24.1 Å². The highest BCUT2D eigenvalue weighted by atomic mass is 79.9. The Bertz CT molecular complexity index is 541. The number of aromatic nitrogens is 1. The summed E-state index contributed by atoms with van der Waals surface area (Å²) in [6.45, 7) is 3.02. The second kappa shape index (κ2) is 6.37. The van der Waals surface area contributed by atoms with Crippen LogP contribution in [0.4, 0.5) is 5.69 Å². The maximum atomic E-state index is 4.35. The van der Waals surface area contributed by atoms with E-state index in [2.05, 4.69) is 61.5 Å². The van der Waals surface area contributed by atoms with Crippen LogP contribution in [0.25, 0.3) is 0 Å². The number of halogens is 1. The van der Waals surface area contributed by atoms with Crippen LogP contribution in [-0.2, 0) is 6.54 Å². The van der Waals surface area contributed by atoms with Gasteiger partial charge in [-0.3, -0.25) is 4.98 Å². The fourth-order valence-corrected chi connectivity index (χ4v) is 2.83. The van der Waals surface area contributed by atoms with Crippen LogP contribution in [0.15, 0.2) is 53.1 Å². The van der Waals surface area contributed by atoms with Gasteiger partial charge >= 0.3 is 0 Å². The second-order valence-electron chi connectivity index (χ2n) is 5.11. The fraction of sp³-hybridized carbons (Fsp3) is 0.312. The first-order valence-electron chi connectivity index (χ1n) is 6.95. The van der Waals surface area contributed by atoms with Crippen molar-refractivity contribution in [2.24, 2.45) is 0 Å². The molecule has 1 atom stereocenters. The average Bonchev–Trinajstić information content (AvgIpc) is 2.96. The fourth-order valence-electron chi connectivity index (χ4n) is 2.56. The Balaban J connectivity index is 1.53. The average molecular weight is 332 g/mol. The van der Waals surface area contributed by atoms with E-state index < -0.39 is 0 Å². The molecule has 1 aromatic heterocycles. The van der Waals surface area contributed by atoms with Crippen molar-refractivity contribution >= 4 is 21.6 Å². The molecule has 2 heterocycles. The van der Waals surface area contributed by atoms with Crippen molar-refractivity contribution in [3.05, 3.63) is 58.8 Å². The van der Waals surface area contributed by atoms with Crippen molar-refractivity contribution in [3.63, 3.8) is 0 Å². The molecule has 1 aliphatic rings. The van der Waals surface area contributed by atoms with E-state index in [-0.39, 0.29) is 0 Å². The summed E-state index contributed by atoms with van der Waals surface area (Å²) in [5, 5.41) is 3.60. The molecular weight excluding hydrogens is 314 g/mol. The Kier molecular flexibility index (Phi) is 4.33. The van der Waals surface area contributed by atoms with Gasteiger partial charge in [0, 0.05) is 42.0 Å². The predicted molar refractivity (Wildman–Crippen MR) is 85.8 cm³/mol. The number of benzene rings is 1. The van der Waals surface area contributed by atoms with Crippen LogP contribution < -0.4 is 10.2 Å². The molecule has 1 N–H and O–H groups in total. The smallest absolute Gasteiger partial charge is 0.0541 e. The predicted octanol–water partition coefficient (Wildman–Crippen LogP) is 3.21. The van der Waals surface area contributed by atoms with Crippen molar-refractivity contribution in [3.8, 4) is 0 Å². The standard InChI is InChI=1S/C16H18BrN3/c17-13-4-6-16(7-5-13)20-10-8-15(12-20)19-11-14-3-1-2-9-18-14/h1-7,9,15,19H,8,10-12H2/t15-/m0/s1. The highest BCUT2D eigenvalue weighted by Crippen LogP contribution is 2.22. The minimum Gasteiger partial charge on any atom is -0.370 e. The highest BCUT2D eigenvalue weighted by molar-refractivity contribution is 9.10. The van der Waals surface area contributed by atoms with Crippen LogP contribution in [0.1, 0.15) is 12.1 Å². The molecule has 3 nitrogen and oxygen atoms in total. The van der Waals surface area contributed by atoms with E-state index in [1.807, 2.05) is 18.3 Å². The van der Waals surface area contributed by atoms with E-state index in [9.17, 15) is 0 Å². The number of rotatable bonds is 4. The lowest BCUT2D eigenvalue weighted by Crippen LogP contribution is -2.32. The molecule has 1 aromatic carbocycles. The van der Waals surface area contributed by atoms with Crippen LogP contribution in [0.2, 0.25) is 0 Å². The molecule has 3 rings (SSSR count). The van der Waals surface area contributed by atoms with Crippen LogP contribution >= 0.6 is 15.9 Å². The number of anilines is 1. The Morgan fingerprint density at radius 2 is 2.05 bits per heavy atom. The number of hydrogen-bond acceptors (Lipinski definition) is 3. The third-order valence-corrected chi connectivity index (χ3v) is 4.21. The molecule has 0 spiro atoms. The number of nitrogens with one attached hydrogen (secondary N) is 1. The van der Waals surface area contributed by atoms with Crippen molar-refractivity contribution in [2.75, 3.05) is 18.0 Å². The molecule has 1 fully saturated rings. The topological polar surface area (TPSA) is 28.2 Å². The second-order valence-corrected chi connectivity index (χ2v) is 6.03. The number of hydrogen-bond donors (Lipinski definition) is 1. The SMILES string of the molecule is Brc1ccc(N2CC[C@H](NCc3ccccn3)C2)cc1. The Labute approximate surface area is 128 Å². The molecule has 2 aromatic rings. The van der Waals surface area contributed by atoms with Crippen molar-refractivity contribution in [1.29, 1.82) is 0 Å². The van der Waals surface area contributed by atoms with E-state index in [0.717, 1.165) is 29.8 Å². The number of nitrogens with zero attached hydrogens (tertiary/aromatic N) is 2. The first kappa shape index (κ1) is 13.6. The van der Waals surface area contributed by atoms with E-state index in [0.29, 0.717) is 6.04 Å². The molecule has 104 valence electrons. The largest absolute Gasteiger partial charge is 0.370 e. The molecule has 4 heteroatoms. The van der Waals surface area contributed by atoms with Gasteiger partial charge in [0.05, 0.1) is 5.69 Å². The molecule has 0 amide bonds. The summed E-state index contributed by atoms with van der Waals surface area (Å²) in [7, 11) is 0. The van der Waals surface area contributed by atoms with Gasteiger partial charge in [-0.15, -0.1) is 0 Å². The van der Waals surface area contributed by atoms with Gasteiger partial charge in [-0.1, -0.05) is 22.0 Å². The van der Waals surface area contributed by atoms with Gasteiger partial charge in [-0.2, -0.15) is 0 Å². The first-order chi connectivity index (χ1) is 9.81. The summed E-state index contributed by atoms with van der Waals surface area (Å²) < 4.78 is 1.13. The van der Waals surface area contributed by atoms with E-state index >= 15 is 0 Å². The lowest BCUT2D eigenvalue weighted by atomic mass is 10.2. The van der Waals surface area contributed by atoms with Crippen LogP contribution in [0, 0.1) is 0 Å². The quantitative estimate of drug-likeness (QED) is 0.932. The van der Waals surface area contributed by atoms with Gasteiger partial charge in [-0.25, -0.2) is 0 Å². The molecule has 1 aliphatic heterocycles. The highest BCUT2D eigenvalue weighted by Gasteiger charge is 2.22. The summed E-state index contributed by atoms with van der Waals surface area (Å²) in [6, 6.07) is 15.1. The minimum atomic E-state index is 0.542. The van der Waals surface area contributed by atoms with Crippen molar-refractivity contribution in [1.82, 2.24) is 10.3 Å². The van der Waals surface area contributed by atoms with Gasteiger partial charge < -0.3 is 10.2 Å². The summed E-state index contributed by atoms with van der Waals surface area (Å²) >= 11 is 3.48. The van der Waals surface area contributed by atoms with Gasteiger partial charge in [0.1, 0.15) is 0 Å². The lowest BCUT2D eigenvalue weighted by Gasteiger charge is -2.19. The van der Waals surface area contributed by atoms with Crippen LogP contribution in [0.3, 0.4) is 0 Å². The lowest BCUT2D eigenvalue weighted by molar-refractivity contribution is 0.546. The van der Waals surface area contributed by atoms with Gasteiger partial charge in [-0.05, 0) is 42.8 Å². The van der Waals surface area contributed by atoms with Gasteiger partial charge in [0.2, 0.25) is 0 Å². The first-order valence-corrected chi connectivity index (χ1v) is 7.74. The normalized spacial score (nSPS) is 18.4. The molecule has 0 saturated carbocycles. The summed E-state index contributed by atoms with van der Waals surface area (Å²) in [6.07, 6.45) is 3.03. The van der Waals surface area contributed by atoms with Crippen molar-refractivity contribution < 1.29 is 0 Å². The van der Waals surface area contributed by atoms with Gasteiger partial charge in [0.15, 0.2) is 0 Å². The van der Waals surface area contributed by atoms with E-state index in [4.69, 9.17) is 0 Å². The zero-order chi connectivity index (χ0) is 13.8. The Hall–Kier alpha value is -1.39. The zero-order valence-electron chi connectivity index (χ0n) is 11.3. The summed E-state index contributed by atoms with van der Waals surface area (Å²) in [4.78, 5) is 6.78. The monoisotopic (exact) mass is 331 g/mol. The summed E-state index contributed by atoms with van der Waals surface area (Å²) in [5.41, 5.74) is 2.41. The summed E-state index contributed by atoms with van der Waals surface area (Å²) in [5.74, 6) is 0. The zero-order valence-corrected chi connectivity index (χ0v) is 12.9. The van der Waals surface area contributed by atoms with E-state index in [1.54, 1.807) is 0 Å². The number of pyridine rings is 1. The third-order valence-electron chi connectivity index (χ3n) is 3.68. The minimum absolute atomic E-state index is 0.542. The maximum absolute atomic E-state index is 4.35. The Morgan fingerprint density at radius 3 is 2.80 bits per heavy atom. The molecule has 0 aliphatic carbocycles. The van der Waals surface area contributed by atoms with Crippen molar-refractivity contribution in [2.45, 2.75) is 19.0 Å². The molecular formula is C16H18BrN3. The molecule has 20 heavy (non-hydrogen) atoms. The third kappa shape index (κ3) is 3.38. The van der Waals surface area contributed by atoms with Crippen LogP contribution in [0.5, 0.6) is 0 Å². The molecule has 0 unspecified atom stereocenters. The maximum Gasteiger partial charge on any atom is 0.0541 e. The Morgan fingerprint density at radius 1 is 1.20 bits per heavy atom. The molecule has 1 saturated heterocycles. The molecule has 0 bridgehead atoms. The van der Waals surface area contributed by atoms with E-state index in [1.165, 1.54) is 12.1 Å².